The molecule has 1 aromatic heterocycles. The third kappa shape index (κ3) is 2.31. The number of nitrogens with one attached hydrogen (secondary N) is 1. The van der Waals surface area contributed by atoms with Gasteiger partial charge in [0.05, 0.1) is 0 Å². The molecule has 4 aliphatic rings. The zero-order valence-corrected chi connectivity index (χ0v) is 13.3. The summed E-state index contributed by atoms with van der Waals surface area (Å²) in [6.07, 6.45) is 7.40. The number of aromatic nitrogens is 2. The fraction of sp³-hybridized carbons (Fsp3) is 0.875. The predicted molar refractivity (Wildman–Crippen MR) is 81.7 cm³/mol. The zero-order valence-electron chi connectivity index (χ0n) is 12.5. The van der Waals surface area contributed by atoms with Gasteiger partial charge in [-0.3, -0.25) is 0 Å². The van der Waals surface area contributed by atoms with Crippen molar-refractivity contribution in [2.24, 2.45) is 23.7 Å². The van der Waals surface area contributed by atoms with Crippen LogP contribution >= 0.6 is 11.3 Å². The van der Waals surface area contributed by atoms with E-state index in [1.165, 1.54) is 42.1 Å². The van der Waals surface area contributed by atoms with Crippen molar-refractivity contribution in [3.05, 3.63) is 10.0 Å². The van der Waals surface area contributed by atoms with Gasteiger partial charge < -0.3 is 5.32 Å². The Hall–Kier alpha value is -0.480. The van der Waals surface area contributed by atoms with Gasteiger partial charge in [-0.2, -0.15) is 0 Å². The van der Waals surface area contributed by atoms with E-state index in [0.29, 0.717) is 6.04 Å². The standard InChI is InChI=1S/C16H25N3S/c1-9(2)17-8-14-18-19-16(20-14)15-12-4-10-3-11(6-12)7-13(15)5-10/h9-13,15,17H,3-8H2,1-2H3. The molecule has 3 nitrogen and oxygen atoms in total. The minimum atomic E-state index is 0.517. The zero-order chi connectivity index (χ0) is 13.7. The molecule has 5 rings (SSSR count). The molecule has 0 amide bonds. The molecule has 4 saturated carbocycles. The molecule has 1 N–H and O–H groups in total. The van der Waals surface area contributed by atoms with Crippen molar-refractivity contribution in [1.82, 2.24) is 15.5 Å². The summed E-state index contributed by atoms with van der Waals surface area (Å²) in [6, 6.07) is 0.517. The molecule has 1 aromatic rings. The van der Waals surface area contributed by atoms with E-state index in [1.807, 2.05) is 11.3 Å². The smallest absolute Gasteiger partial charge is 0.131 e. The molecule has 0 atom stereocenters. The maximum absolute atomic E-state index is 4.57. The molecule has 4 bridgehead atoms. The highest BCUT2D eigenvalue weighted by Crippen LogP contribution is 2.59. The van der Waals surface area contributed by atoms with E-state index in [-0.39, 0.29) is 0 Å². The second-order valence-electron chi connectivity index (χ2n) is 7.53. The Balaban J connectivity index is 1.50. The normalized spacial score (nSPS) is 38.9. The molecule has 20 heavy (non-hydrogen) atoms. The predicted octanol–water partition coefficient (Wildman–Crippen LogP) is 3.58. The van der Waals surface area contributed by atoms with E-state index in [2.05, 4.69) is 29.4 Å². The molecule has 1 heterocycles. The van der Waals surface area contributed by atoms with Crippen LogP contribution in [0.4, 0.5) is 0 Å². The second kappa shape index (κ2) is 5.06. The SMILES string of the molecule is CC(C)NCc1nnc(C2C3CC4CC(C3)CC2C4)s1. The minimum absolute atomic E-state index is 0.517. The van der Waals surface area contributed by atoms with Crippen LogP contribution in [0.25, 0.3) is 0 Å². The van der Waals surface area contributed by atoms with Crippen molar-refractivity contribution in [2.45, 2.75) is 64.5 Å². The fourth-order valence-corrected chi connectivity index (χ4v) is 6.17. The summed E-state index contributed by atoms with van der Waals surface area (Å²) in [7, 11) is 0. The highest BCUT2D eigenvalue weighted by atomic mass is 32.1. The van der Waals surface area contributed by atoms with E-state index in [0.717, 1.165) is 36.1 Å². The largest absolute Gasteiger partial charge is 0.308 e. The summed E-state index contributed by atoms with van der Waals surface area (Å²) in [5, 5.41) is 15.0. The maximum atomic E-state index is 4.57. The fourth-order valence-electron chi connectivity index (χ4n) is 5.09. The number of hydrogen-bond acceptors (Lipinski definition) is 4. The van der Waals surface area contributed by atoms with Gasteiger partial charge in [0, 0.05) is 18.5 Å². The first-order chi connectivity index (χ1) is 9.69. The van der Waals surface area contributed by atoms with Crippen LogP contribution in [0.5, 0.6) is 0 Å². The Labute approximate surface area is 125 Å². The average Bonchev–Trinajstić information content (AvgIpc) is 2.83. The van der Waals surface area contributed by atoms with Crippen molar-refractivity contribution in [3.8, 4) is 0 Å². The van der Waals surface area contributed by atoms with Crippen LogP contribution in [0.1, 0.15) is 61.9 Å². The third-order valence-electron chi connectivity index (χ3n) is 5.66. The summed E-state index contributed by atoms with van der Waals surface area (Å²) in [6.45, 7) is 5.24. The van der Waals surface area contributed by atoms with Crippen molar-refractivity contribution in [3.63, 3.8) is 0 Å². The van der Waals surface area contributed by atoms with Gasteiger partial charge in [-0.05, 0) is 55.8 Å². The lowest BCUT2D eigenvalue weighted by Gasteiger charge is -2.53. The van der Waals surface area contributed by atoms with Crippen molar-refractivity contribution in [1.29, 1.82) is 0 Å². The maximum Gasteiger partial charge on any atom is 0.131 e. The molecular formula is C16H25N3S. The first-order valence-electron chi connectivity index (χ1n) is 8.24. The monoisotopic (exact) mass is 291 g/mol. The summed E-state index contributed by atoms with van der Waals surface area (Å²) in [5.41, 5.74) is 0. The Morgan fingerprint density at radius 3 is 2.30 bits per heavy atom. The molecule has 4 fully saturated rings. The first kappa shape index (κ1) is 13.2. The van der Waals surface area contributed by atoms with E-state index < -0.39 is 0 Å². The van der Waals surface area contributed by atoms with Crippen LogP contribution in [0, 0.1) is 23.7 Å². The van der Waals surface area contributed by atoms with Crippen molar-refractivity contribution >= 4 is 11.3 Å². The molecule has 0 aliphatic heterocycles. The minimum Gasteiger partial charge on any atom is -0.308 e. The second-order valence-corrected chi connectivity index (χ2v) is 8.62. The topological polar surface area (TPSA) is 37.8 Å². The van der Waals surface area contributed by atoms with Crippen molar-refractivity contribution in [2.75, 3.05) is 0 Å². The molecule has 0 spiro atoms. The first-order valence-corrected chi connectivity index (χ1v) is 9.06. The molecule has 4 heteroatoms. The van der Waals surface area contributed by atoms with Gasteiger partial charge in [0.1, 0.15) is 10.0 Å². The molecular weight excluding hydrogens is 266 g/mol. The Kier molecular flexibility index (Phi) is 3.34. The summed E-state index contributed by atoms with van der Waals surface area (Å²) in [5.74, 6) is 4.68. The third-order valence-corrected chi connectivity index (χ3v) is 6.68. The van der Waals surface area contributed by atoms with E-state index >= 15 is 0 Å². The highest BCUT2D eigenvalue weighted by Gasteiger charge is 2.49. The van der Waals surface area contributed by atoms with Crippen LogP contribution in [0.15, 0.2) is 0 Å². The van der Waals surface area contributed by atoms with Gasteiger partial charge in [-0.25, -0.2) is 0 Å². The molecule has 0 radical (unpaired) electrons. The highest BCUT2D eigenvalue weighted by molar-refractivity contribution is 7.11. The molecule has 0 unspecified atom stereocenters. The Bertz CT molecular complexity index is 454. The van der Waals surface area contributed by atoms with Gasteiger partial charge >= 0.3 is 0 Å². The summed E-state index contributed by atoms with van der Waals surface area (Å²) >= 11 is 1.87. The van der Waals surface area contributed by atoms with Crippen LogP contribution in [-0.4, -0.2) is 16.2 Å². The van der Waals surface area contributed by atoms with Crippen LogP contribution in [-0.2, 0) is 6.54 Å². The number of nitrogens with zero attached hydrogens (tertiary/aromatic N) is 2. The summed E-state index contributed by atoms with van der Waals surface area (Å²) in [4.78, 5) is 0. The number of hydrogen-bond donors (Lipinski definition) is 1. The Morgan fingerprint density at radius 1 is 1.05 bits per heavy atom. The lowest BCUT2D eigenvalue weighted by Crippen LogP contribution is -2.43. The average molecular weight is 291 g/mol. The summed E-state index contributed by atoms with van der Waals surface area (Å²) < 4.78 is 0. The lowest BCUT2D eigenvalue weighted by atomic mass is 9.52. The lowest BCUT2D eigenvalue weighted by molar-refractivity contribution is -0.00303. The van der Waals surface area contributed by atoms with E-state index in [4.69, 9.17) is 0 Å². The number of rotatable bonds is 4. The van der Waals surface area contributed by atoms with Crippen LogP contribution in [0.3, 0.4) is 0 Å². The van der Waals surface area contributed by atoms with Gasteiger partial charge in [0.15, 0.2) is 0 Å². The van der Waals surface area contributed by atoms with E-state index in [9.17, 15) is 0 Å². The molecule has 4 aliphatic carbocycles. The van der Waals surface area contributed by atoms with Crippen LogP contribution in [0.2, 0.25) is 0 Å². The molecule has 0 saturated heterocycles. The van der Waals surface area contributed by atoms with E-state index in [1.54, 1.807) is 0 Å². The van der Waals surface area contributed by atoms with Gasteiger partial charge in [-0.15, -0.1) is 10.2 Å². The van der Waals surface area contributed by atoms with Gasteiger partial charge in [0.2, 0.25) is 0 Å². The quantitative estimate of drug-likeness (QED) is 0.921. The molecule has 0 aromatic carbocycles. The van der Waals surface area contributed by atoms with Crippen molar-refractivity contribution < 1.29 is 0 Å². The molecule has 110 valence electrons. The van der Waals surface area contributed by atoms with Gasteiger partial charge in [0.25, 0.3) is 0 Å². The van der Waals surface area contributed by atoms with Crippen LogP contribution < -0.4 is 5.32 Å². The Morgan fingerprint density at radius 2 is 1.70 bits per heavy atom. The van der Waals surface area contributed by atoms with Gasteiger partial charge in [-0.1, -0.05) is 25.2 Å².